The molecule has 3 heterocycles. The van der Waals surface area contributed by atoms with Crippen molar-refractivity contribution < 1.29 is 0 Å². The van der Waals surface area contributed by atoms with Crippen molar-refractivity contribution in [1.82, 2.24) is 14.5 Å². The van der Waals surface area contributed by atoms with Gasteiger partial charge in [0.25, 0.3) is 0 Å². The van der Waals surface area contributed by atoms with Gasteiger partial charge in [0.2, 0.25) is 0 Å². The molecule has 7 aromatic carbocycles. The molecule has 0 atom stereocenters. The third kappa shape index (κ3) is 3.58. The van der Waals surface area contributed by atoms with Crippen LogP contribution < -0.4 is 0 Å². The lowest BCUT2D eigenvalue weighted by molar-refractivity contribution is 0.748. The molecule has 11 rings (SSSR count). The quantitative estimate of drug-likeness (QED) is 0.193. The molecular weight excluding hydrogens is 607 g/mol. The maximum Gasteiger partial charge on any atom is 0.160 e. The van der Waals surface area contributed by atoms with Crippen molar-refractivity contribution in [3.05, 3.63) is 198 Å². The maximum atomic E-state index is 5.17. The first-order chi connectivity index (χ1) is 24.8. The van der Waals surface area contributed by atoms with E-state index in [1.54, 1.807) is 0 Å². The van der Waals surface area contributed by atoms with Crippen LogP contribution >= 0.6 is 0 Å². The monoisotopic (exact) mass is 635 g/mol. The number of fused-ring (bicyclic) bond motifs is 12. The van der Waals surface area contributed by atoms with E-state index in [0.29, 0.717) is 0 Å². The van der Waals surface area contributed by atoms with Crippen LogP contribution in [0.1, 0.15) is 22.3 Å². The van der Waals surface area contributed by atoms with Gasteiger partial charge in [-0.05, 0) is 57.6 Å². The van der Waals surface area contributed by atoms with Gasteiger partial charge in [-0.1, -0.05) is 152 Å². The lowest BCUT2D eigenvalue weighted by Crippen LogP contribution is -2.33. The molecule has 0 N–H and O–H groups in total. The smallest absolute Gasteiger partial charge is 0.160 e. The molecule has 0 fully saturated rings. The summed E-state index contributed by atoms with van der Waals surface area (Å²) in [6.45, 7) is 0. The van der Waals surface area contributed by atoms with Crippen molar-refractivity contribution in [2.24, 2.45) is 0 Å². The predicted molar refractivity (Wildman–Crippen MR) is 204 cm³/mol. The Morgan fingerprint density at radius 3 is 1.70 bits per heavy atom. The highest BCUT2D eigenvalue weighted by Crippen LogP contribution is 2.60. The molecule has 0 unspecified atom stereocenters. The normalized spacial score (nSPS) is 13.4. The SMILES string of the molecule is c1ccc(-c2cc(-c3ccc4c(c3)c3cccc5c3n4-c3ccccc3C53c4ccccc4-c4ccccc43)nc(-c3ccccc3)n2)cc1. The van der Waals surface area contributed by atoms with Crippen LogP contribution in [0.25, 0.3) is 72.5 Å². The topological polar surface area (TPSA) is 30.7 Å². The molecule has 1 aliphatic carbocycles. The summed E-state index contributed by atoms with van der Waals surface area (Å²) in [5.74, 6) is 0.721. The van der Waals surface area contributed by atoms with Gasteiger partial charge < -0.3 is 4.57 Å². The van der Waals surface area contributed by atoms with Gasteiger partial charge >= 0.3 is 0 Å². The Hall–Kier alpha value is -6.58. The van der Waals surface area contributed by atoms with Crippen molar-refractivity contribution in [2.75, 3.05) is 0 Å². The number of rotatable bonds is 3. The number of aromatic nitrogens is 3. The van der Waals surface area contributed by atoms with Crippen LogP contribution in [0.2, 0.25) is 0 Å². The van der Waals surface area contributed by atoms with Gasteiger partial charge in [-0.15, -0.1) is 0 Å². The van der Waals surface area contributed by atoms with Crippen molar-refractivity contribution in [3.63, 3.8) is 0 Å². The van der Waals surface area contributed by atoms with Crippen molar-refractivity contribution in [3.8, 4) is 50.7 Å². The van der Waals surface area contributed by atoms with Gasteiger partial charge in [-0.25, -0.2) is 9.97 Å². The Kier molecular flexibility index (Phi) is 5.59. The van der Waals surface area contributed by atoms with E-state index in [1.807, 2.05) is 24.3 Å². The average molecular weight is 636 g/mol. The third-order valence-electron chi connectivity index (χ3n) is 10.8. The first-order valence-electron chi connectivity index (χ1n) is 17.2. The van der Waals surface area contributed by atoms with Gasteiger partial charge in [-0.2, -0.15) is 0 Å². The number of para-hydroxylation sites is 2. The molecule has 3 heteroatoms. The van der Waals surface area contributed by atoms with Crippen LogP contribution in [-0.2, 0) is 5.41 Å². The molecule has 232 valence electrons. The predicted octanol–water partition coefficient (Wildman–Crippen LogP) is 11.3. The molecule has 1 spiro atoms. The molecule has 9 aromatic rings. The molecule has 3 nitrogen and oxygen atoms in total. The van der Waals surface area contributed by atoms with Crippen LogP contribution in [0, 0.1) is 0 Å². The van der Waals surface area contributed by atoms with Crippen LogP contribution in [-0.4, -0.2) is 14.5 Å². The fraction of sp³-hybridized carbons (Fsp3) is 0.0213. The van der Waals surface area contributed by atoms with E-state index in [0.717, 1.165) is 33.9 Å². The third-order valence-corrected chi connectivity index (χ3v) is 10.8. The molecule has 0 amide bonds. The second-order valence-corrected chi connectivity index (χ2v) is 13.3. The van der Waals surface area contributed by atoms with Crippen LogP contribution in [0.3, 0.4) is 0 Å². The maximum absolute atomic E-state index is 5.17. The second kappa shape index (κ2) is 10.2. The van der Waals surface area contributed by atoms with Crippen molar-refractivity contribution in [1.29, 1.82) is 0 Å². The van der Waals surface area contributed by atoms with E-state index in [-0.39, 0.29) is 0 Å². The molecule has 0 saturated heterocycles. The standard InChI is InChI=1S/C47H29N3/c1-3-14-30(15-4-1)41-29-42(49-46(48-41)31-16-5-2-6-17-31)32-26-27-43-36(28-32)35-20-13-24-40-45(35)50(43)44-25-12-11-23-39(44)47(40)37-21-9-7-18-33(37)34-19-8-10-22-38(34)47/h1-29H. The summed E-state index contributed by atoms with van der Waals surface area (Å²) in [7, 11) is 0. The van der Waals surface area contributed by atoms with Gasteiger partial charge in [0.1, 0.15) is 0 Å². The molecule has 50 heavy (non-hydrogen) atoms. The Bertz CT molecular complexity index is 2710. The van der Waals surface area contributed by atoms with Crippen LogP contribution in [0.4, 0.5) is 0 Å². The van der Waals surface area contributed by atoms with Gasteiger partial charge in [-0.3, -0.25) is 0 Å². The Balaban J connectivity index is 1.20. The first kappa shape index (κ1) is 27.4. The van der Waals surface area contributed by atoms with E-state index in [1.165, 1.54) is 60.9 Å². The molecule has 0 saturated carbocycles. The van der Waals surface area contributed by atoms with Gasteiger partial charge in [0, 0.05) is 27.5 Å². The fourth-order valence-electron chi connectivity index (χ4n) is 8.80. The highest BCUT2D eigenvalue weighted by molar-refractivity contribution is 6.13. The summed E-state index contributed by atoms with van der Waals surface area (Å²) < 4.78 is 2.50. The van der Waals surface area contributed by atoms with E-state index >= 15 is 0 Å². The van der Waals surface area contributed by atoms with E-state index in [4.69, 9.17) is 9.97 Å². The van der Waals surface area contributed by atoms with E-state index < -0.39 is 5.41 Å². The number of nitrogens with zero attached hydrogens (tertiary/aromatic N) is 3. The van der Waals surface area contributed by atoms with Gasteiger partial charge in [0.05, 0.1) is 33.5 Å². The Morgan fingerprint density at radius 1 is 0.400 bits per heavy atom. The van der Waals surface area contributed by atoms with E-state index in [9.17, 15) is 0 Å². The molecule has 0 radical (unpaired) electrons. The Labute approximate surface area is 289 Å². The van der Waals surface area contributed by atoms with E-state index in [2.05, 4.69) is 156 Å². The van der Waals surface area contributed by atoms with Crippen molar-refractivity contribution >= 4 is 21.8 Å². The average Bonchev–Trinajstić information content (AvgIpc) is 3.69. The lowest BCUT2D eigenvalue weighted by atomic mass is 9.65. The zero-order valence-electron chi connectivity index (χ0n) is 27.1. The number of hydrogen-bond acceptors (Lipinski definition) is 2. The summed E-state index contributed by atoms with van der Waals surface area (Å²) in [6.07, 6.45) is 0. The molecule has 1 aliphatic heterocycles. The largest absolute Gasteiger partial charge is 0.309 e. The highest BCUT2D eigenvalue weighted by Gasteiger charge is 2.50. The van der Waals surface area contributed by atoms with Crippen LogP contribution in [0.5, 0.6) is 0 Å². The summed E-state index contributed by atoms with van der Waals surface area (Å²) in [6, 6.07) is 63.5. The first-order valence-corrected chi connectivity index (χ1v) is 17.2. The molecule has 0 bridgehead atoms. The minimum atomic E-state index is -0.418. The number of hydrogen-bond donors (Lipinski definition) is 0. The fourth-order valence-corrected chi connectivity index (χ4v) is 8.80. The summed E-state index contributed by atoms with van der Waals surface area (Å²) >= 11 is 0. The summed E-state index contributed by atoms with van der Waals surface area (Å²) in [5.41, 5.74) is 16.2. The number of benzene rings is 7. The molecule has 2 aliphatic rings. The zero-order valence-corrected chi connectivity index (χ0v) is 27.1. The minimum Gasteiger partial charge on any atom is -0.309 e. The summed E-state index contributed by atoms with van der Waals surface area (Å²) in [5, 5.41) is 2.46. The Morgan fingerprint density at radius 2 is 0.980 bits per heavy atom. The second-order valence-electron chi connectivity index (χ2n) is 13.3. The lowest BCUT2D eigenvalue weighted by Gasteiger charge is -2.39. The summed E-state index contributed by atoms with van der Waals surface area (Å²) in [4.78, 5) is 10.2. The minimum absolute atomic E-state index is 0.418. The van der Waals surface area contributed by atoms with Crippen LogP contribution in [0.15, 0.2) is 176 Å². The molecule has 2 aromatic heterocycles. The zero-order chi connectivity index (χ0) is 32.8. The van der Waals surface area contributed by atoms with Gasteiger partial charge in [0.15, 0.2) is 5.82 Å². The highest BCUT2D eigenvalue weighted by atomic mass is 15.0. The molecular formula is C47H29N3. The van der Waals surface area contributed by atoms with Crippen molar-refractivity contribution in [2.45, 2.75) is 5.41 Å².